The van der Waals surface area contributed by atoms with Gasteiger partial charge in [0.15, 0.2) is 10.5 Å². The zero-order valence-corrected chi connectivity index (χ0v) is 18.1. The molecule has 8 heteroatoms. The third kappa shape index (κ3) is 3.29. The fraction of sp³-hybridized carbons (Fsp3) is 0.167. The lowest BCUT2D eigenvalue weighted by atomic mass is 9.83. The third-order valence-electron chi connectivity index (χ3n) is 5.70. The Bertz CT molecular complexity index is 1380. The van der Waals surface area contributed by atoms with Crippen molar-refractivity contribution in [1.82, 2.24) is 19.6 Å². The maximum absolute atomic E-state index is 13.7. The Morgan fingerprint density at radius 2 is 1.69 bits per heavy atom. The first-order valence-electron chi connectivity index (χ1n) is 10.2. The van der Waals surface area contributed by atoms with Gasteiger partial charge in [0.1, 0.15) is 0 Å². The molecule has 1 atom stereocenters. The zero-order valence-electron chi connectivity index (χ0n) is 17.3. The maximum Gasteiger partial charge on any atom is 0.325 e. The number of imide groups is 1. The Labute approximate surface area is 188 Å². The summed E-state index contributed by atoms with van der Waals surface area (Å²) in [5, 5.41) is 4.79. The summed E-state index contributed by atoms with van der Waals surface area (Å²) in [6.07, 6.45) is 0.318. The number of nitrogens with one attached hydrogen (secondary N) is 1. The quantitative estimate of drug-likeness (QED) is 0.479. The second-order valence-electron chi connectivity index (χ2n) is 7.84. The number of aryl methyl sites for hydroxylation is 1. The van der Waals surface area contributed by atoms with Crippen molar-refractivity contribution in [3.05, 3.63) is 105 Å². The lowest BCUT2D eigenvalue weighted by Crippen LogP contribution is -2.46. The molecule has 0 bridgehead atoms. The summed E-state index contributed by atoms with van der Waals surface area (Å²) in [4.78, 5) is 45.5. The Morgan fingerprint density at radius 1 is 1.00 bits per heavy atom. The van der Waals surface area contributed by atoms with E-state index >= 15 is 0 Å². The van der Waals surface area contributed by atoms with E-state index in [-0.39, 0.29) is 18.0 Å². The highest BCUT2D eigenvalue weighted by Crippen LogP contribution is 2.33. The molecule has 0 spiro atoms. The monoisotopic (exact) mass is 444 g/mol. The summed E-state index contributed by atoms with van der Waals surface area (Å²) in [6, 6.07) is 19.7. The molecule has 32 heavy (non-hydrogen) atoms. The molecular weight excluding hydrogens is 424 g/mol. The number of fused-ring (bicyclic) bond motifs is 1. The maximum atomic E-state index is 13.7. The van der Waals surface area contributed by atoms with E-state index in [0.717, 1.165) is 16.2 Å². The van der Waals surface area contributed by atoms with E-state index < -0.39 is 11.6 Å². The van der Waals surface area contributed by atoms with Crippen molar-refractivity contribution in [1.29, 1.82) is 0 Å². The van der Waals surface area contributed by atoms with Crippen molar-refractivity contribution in [3.8, 4) is 0 Å². The minimum absolute atomic E-state index is 0.0727. The van der Waals surface area contributed by atoms with Crippen molar-refractivity contribution in [3.63, 3.8) is 0 Å². The van der Waals surface area contributed by atoms with Gasteiger partial charge in [0, 0.05) is 23.6 Å². The van der Waals surface area contributed by atoms with E-state index in [1.54, 1.807) is 0 Å². The fourth-order valence-corrected chi connectivity index (χ4v) is 5.05. The predicted molar refractivity (Wildman–Crippen MR) is 121 cm³/mol. The van der Waals surface area contributed by atoms with Crippen LogP contribution >= 0.6 is 11.3 Å². The third-order valence-corrected chi connectivity index (χ3v) is 6.65. The number of carbonyl (C=O) groups excluding carboxylic acids is 2. The molecule has 1 aliphatic heterocycles. The number of hydrogen-bond acceptors (Lipinski definition) is 5. The van der Waals surface area contributed by atoms with Gasteiger partial charge in [-0.1, -0.05) is 60.7 Å². The van der Waals surface area contributed by atoms with Crippen LogP contribution in [0.1, 0.15) is 22.5 Å². The molecule has 0 aliphatic carbocycles. The average Bonchev–Trinajstić information content (AvgIpc) is 3.28. The molecule has 5 rings (SSSR count). The van der Waals surface area contributed by atoms with E-state index in [4.69, 9.17) is 0 Å². The van der Waals surface area contributed by atoms with Crippen LogP contribution in [0.15, 0.2) is 76.9 Å². The molecular formula is C24H20N4O3S. The summed E-state index contributed by atoms with van der Waals surface area (Å²) < 4.78 is 1.52. The van der Waals surface area contributed by atoms with Gasteiger partial charge in [-0.2, -0.15) is 0 Å². The van der Waals surface area contributed by atoms with Crippen molar-refractivity contribution in [2.45, 2.75) is 25.4 Å². The predicted octanol–water partition coefficient (Wildman–Crippen LogP) is 3.25. The number of amides is 3. The SMILES string of the molecule is Cc1csc2nc(CN3C(=O)NC(Cc4ccccc4)(c4ccccc4)C3=O)cc(=O)n12. The van der Waals surface area contributed by atoms with Gasteiger partial charge < -0.3 is 5.32 Å². The van der Waals surface area contributed by atoms with Crippen LogP contribution in [0.2, 0.25) is 0 Å². The van der Waals surface area contributed by atoms with Crippen LogP contribution in [0.3, 0.4) is 0 Å². The minimum Gasteiger partial charge on any atom is -0.319 e. The first-order chi connectivity index (χ1) is 15.5. The number of rotatable bonds is 5. The van der Waals surface area contributed by atoms with E-state index in [0.29, 0.717) is 22.6 Å². The standard InChI is InChI=1S/C24H20N4O3S/c1-16-15-32-23-25-19(12-20(29)28(16)23)14-27-21(30)24(26-22(27)31,18-10-6-3-7-11-18)13-17-8-4-2-5-9-17/h2-12,15H,13-14H2,1H3,(H,26,31). The minimum atomic E-state index is -1.22. The lowest BCUT2D eigenvalue weighted by Gasteiger charge is -2.27. The molecule has 0 saturated carbocycles. The largest absolute Gasteiger partial charge is 0.325 e. The smallest absolute Gasteiger partial charge is 0.319 e. The van der Waals surface area contributed by atoms with Gasteiger partial charge in [-0.05, 0) is 18.1 Å². The molecule has 7 nitrogen and oxygen atoms in total. The molecule has 1 fully saturated rings. The van der Waals surface area contributed by atoms with Crippen molar-refractivity contribution < 1.29 is 9.59 Å². The van der Waals surface area contributed by atoms with Gasteiger partial charge in [-0.15, -0.1) is 11.3 Å². The van der Waals surface area contributed by atoms with Crippen LogP contribution in [0.5, 0.6) is 0 Å². The number of thiazole rings is 1. The molecule has 160 valence electrons. The summed E-state index contributed by atoms with van der Waals surface area (Å²) in [5.74, 6) is -0.359. The molecule has 4 aromatic rings. The summed E-state index contributed by atoms with van der Waals surface area (Å²) in [7, 11) is 0. The Morgan fingerprint density at radius 3 is 2.41 bits per heavy atom. The number of carbonyl (C=O) groups is 2. The average molecular weight is 445 g/mol. The Kier molecular flexibility index (Phi) is 4.86. The van der Waals surface area contributed by atoms with E-state index in [1.807, 2.05) is 73.0 Å². The topological polar surface area (TPSA) is 83.8 Å². The van der Waals surface area contributed by atoms with Crippen molar-refractivity contribution in [2.75, 3.05) is 0 Å². The zero-order chi connectivity index (χ0) is 22.3. The Balaban J connectivity index is 1.53. The van der Waals surface area contributed by atoms with Gasteiger partial charge >= 0.3 is 6.03 Å². The van der Waals surface area contributed by atoms with Crippen LogP contribution in [-0.2, 0) is 23.3 Å². The second-order valence-corrected chi connectivity index (χ2v) is 8.67. The molecule has 3 amide bonds. The molecule has 1 saturated heterocycles. The fourth-order valence-electron chi connectivity index (χ4n) is 4.16. The highest BCUT2D eigenvalue weighted by atomic mass is 32.1. The first kappa shape index (κ1) is 20.1. The molecule has 0 radical (unpaired) electrons. The number of nitrogens with zero attached hydrogens (tertiary/aromatic N) is 3. The molecule has 1 N–H and O–H groups in total. The molecule has 1 unspecified atom stereocenters. The van der Waals surface area contributed by atoms with Crippen molar-refractivity contribution in [2.24, 2.45) is 0 Å². The molecule has 2 aromatic carbocycles. The van der Waals surface area contributed by atoms with E-state index in [1.165, 1.54) is 21.8 Å². The van der Waals surface area contributed by atoms with Gasteiger partial charge in [-0.3, -0.25) is 18.9 Å². The second kappa shape index (κ2) is 7.72. The van der Waals surface area contributed by atoms with E-state index in [9.17, 15) is 14.4 Å². The van der Waals surface area contributed by atoms with Gasteiger partial charge in [0.25, 0.3) is 11.5 Å². The first-order valence-corrected chi connectivity index (χ1v) is 11.1. The highest BCUT2D eigenvalue weighted by molar-refractivity contribution is 7.15. The van der Waals surface area contributed by atoms with E-state index in [2.05, 4.69) is 10.3 Å². The summed E-state index contributed by atoms with van der Waals surface area (Å²) >= 11 is 1.35. The number of aromatic nitrogens is 2. The van der Waals surface area contributed by atoms with Crippen LogP contribution in [0.4, 0.5) is 4.79 Å². The molecule has 3 heterocycles. The van der Waals surface area contributed by atoms with Gasteiger partial charge in [-0.25, -0.2) is 9.78 Å². The van der Waals surface area contributed by atoms with Gasteiger partial charge in [0.05, 0.1) is 12.2 Å². The number of urea groups is 1. The van der Waals surface area contributed by atoms with Gasteiger partial charge in [0.2, 0.25) is 0 Å². The van der Waals surface area contributed by atoms with Crippen LogP contribution < -0.4 is 10.9 Å². The summed E-state index contributed by atoms with van der Waals surface area (Å²) in [6.45, 7) is 1.76. The van der Waals surface area contributed by atoms with Crippen LogP contribution in [-0.4, -0.2) is 26.2 Å². The lowest BCUT2D eigenvalue weighted by molar-refractivity contribution is -0.132. The highest BCUT2D eigenvalue weighted by Gasteiger charge is 2.52. The molecule has 2 aromatic heterocycles. The van der Waals surface area contributed by atoms with Crippen molar-refractivity contribution >= 4 is 28.2 Å². The Hall–Kier alpha value is -3.78. The normalized spacial score (nSPS) is 18.3. The van der Waals surface area contributed by atoms with Crippen LogP contribution in [0.25, 0.3) is 4.96 Å². The molecule has 1 aliphatic rings. The number of hydrogen-bond donors (Lipinski definition) is 1. The number of benzene rings is 2. The van der Waals surface area contributed by atoms with Crippen LogP contribution in [0, 0.1) is 6.92 Å². The summed E-state index contributed by atoms with van der Waals surface area (Å²) in [5.41, 5.74) is 1.37.